The molecular weight excluding hydrogens is 296 g/mol. The maximum absolute atomic E-state index is 12.5. The van der Waals surface area contributed by atoms with Crippen molar-refractivity contribution in [2.45, 2.75) is 50.8 Å². The highest BCUT2D eigenvalue weighted by atomic mass is 32.2. The molecule has 0 amide bonds. The molecule has 0 fully saturated rings. The molecule has 6 heteroatoms. The van der Waals surface area contributed by atoms with Crippen molar-refractivity contribution in [2.75, 3.05) is 6.54 Å². The Kier molecular flexibility index (Phi) is 5.87. The van der Waals surface area contributed by atoms with Crippen molar-refractivity contribution in [1.82, 2.24) is 5.32 Å². The Morgan fingerprint density at radius 1 is 1.14 bits per heavy atom. The minimum absolute atomic E-state index is 0.0454. The number of halogens is 2. The summed E-state index contributed by atoms with van der Waals surface area (Å²) in [6.45, 7) is 9.22. The van der Waals surface area contributed by atoms with Crippen LogP contribution in [0.1, 0.15) is 33.3 Å². The van der Waals surface area contributed by atoms with Gasteiger partial charge in [-0.1, -0.05) is 39.8 Å². The van der Waals surface area contributed by atoms with Gasteiger partial charge in [0.15, 0.2) is 0 Å². The van der Waals surface area contributed by atoms with Gasteiger partial charge in [0.1, 0.15) is 0 Å². The summed E-state index contributed by atoms with van der Waals surface area (Å²) in [5.41, 5.74) is 0.966. The summed E-state index contributed by atoms with van der Waals surface area (Å²) >= 11 is 0. The standard InChI is InChI=1S/C15H23F2NO2S/c1-5-18-13(15(2,3)4)10-11-6-8-12(9-7-11)21(19,20)14(16)17/h6-9,13-14,18H,5,10H2,1-4H3. The van der Waals surface area contributed by atoms with E-state index < -0.39 is 15.6 Å². The summed E-state index contributed by atoms with van der Waals surface area (Å²) in [6, 6.07) is 5.93. The number of rotatable bonds is 6. The molecule has 0 spiro atoms. The van der Waals surface area contributed by atoms with Gasteiger partial charge < -0.3 is 5.32 Å². The lowest BCUT2D eigenvalue weighted by molar-refractivity contribution is 0.234. The monoisotopic (exact) mass is 319 g/mol. The van der Waals surface area contributed by atoms with E-state index in [4.69, 9.17) is 0 Å². The second kappa shape index (κ2) is 6.83. The van der Waals surface area contributed by atoms with E-state index in [2.05, 4.69) is 26.1 Å². The SMILES string of the molecule is CCNC(Cc1ccc(S(=O)(=O)C(F)F)cc1)C(C)(C)C. The van der Waals surface area contributed by atoms with Crippen LogP contribution in [0.3, 0.4) is 0 Å². The van der Waals surface area contributed by atoms with Crippen LogP contribution in [0, 0.1) is 5.41 Å². The largest absolute Gasteiger partial charge is 0.341 e. The van der Waals surface area contributed by atoms with Gasteiger partial charge in [-0.25, -0.2) is 8.42 Å². The number of likely N-dealkylation sites (N-methyl/N-ethyl adjacent to an activating group) is 1. The lowest BCUT2D eigenvalue weighted by Gasteiger charge is -2.31. The van der Waals surface area contributed by atoms with E-state index in [9.17, 15) is 17.2 Å². The molecule has 1 aromatic carbocycles. The quantitative estimate of drug-likeness (QED) is 0.875. The van der Waals surface area contributed by atoms with Crippen molar-refractivity contribution in [3.63, 3.8) is 0 Å². The first-order valence-corrected chi connectivity index (χ1v) is 8.48. The summed E-state index contributed by atoms with van der Waals surface area (Å²) in [5.74, 6) is -3.38. The van der Waals surface area contributed by atoms with E-state index >= 15 is 0 Å². The molecule has 1 N–H and O–H groups in total. The van der Waals surface area contributed by atoms with Crippen LogP contribution in [0.15, 0.2) is 29.2 Å². The predicted molar refractivity (Wildman–Crippen MR) is 80.3 cm³/mol. The Hall–Kier alpha value is -1.01. The van der Waals surface area contributed by atoms with Gasteiger partial charge in [0.05, 0.1) is 4.90 Å². The molecule has 0 heterocycles. The van der Waals surface area contributed by atoms with Crippen molar-refractivity contribution in [1.29, 1.82) is 0 Å². The Bertz CT molecular complexity index is 548. The number of alkyl halides is 2. The van der Waals surface area contributed by atoms with Gasteiger partial charge in [-0.05, 0) is 36.1 Å². The van der Waals surface area contributed by atoms with E-state index in [-0.39, 0.29) is 16.4 Å². The van der Waals surface area contributed by atoms with Crippen LogP contribution in [0.2, 0.25) is 0 Å². The number of benzene rings is 1. The van der Waals surface area contributed by atoms with Gasteiger partial charge >= 0.3 is 5.76 Å². The van der Waals surface area contributed by atoms with Gasteiger partial charge in [-0.2, -0.15) is 8.78 Å². The number of sulfone groups is 1. The van der Waals surface area contributed by atoms with Gasteiger partial charge in [-0.15, -0.1) is 0 Å². The highest BCUT2D eigenvalue weighted by molar-refractivity contribution is 7.91. The molecule has 0 bridgehead atoms. The van der Waals surface area contributed by atoms with Crippen molar-refractivity contribution in [3.05, 3.63) is 29.8 Å². The van der Waals surface area contributed by atoms with Gasteiger partial charge in [0.2, 0.25) is 9.84 Å². The summed E-state index contributed by atoms with van der Waals surface area (Å²) in [4.78, 5) is -0.336. The molecule has 0 aliphatic heterocycles. The molecule has 1 unspecified atom stereocenters. The van der Waals surface area contributed by atoms with E-state index in [0.717, 1.165) is 12.1 Å². The van der Waals surface area contributed by atoms with Crippen LogP contribution in [0.5, 0.6) is 0 Å². The minimum Gasteiger partial charge on any atom is -0.313 e. The summed E-state index contributed by atoms with van der Waals surface area (Å²) in [6.07, 6.45) is 0.715. The average molecular weight is 319 g/mol. The maximum atomic E-state index is 12.5. The van der Waals surface area contributed by atoms with Crippen LogP contribution < -0.4 is 5.32 Å². The molecule has 0 aliphatic rings. The van der Waals surface area contributed by atoms with E-state index in [1.54, 1.807) is 12.1 Å². The van der Waals surface area contributed by atoms with Crippen molar-refractivity contribution in [3.8, 4) is 0 Å². The normalized spacial score (nSPS) is 14.4. The Balaban J connectivity index is 2.93. The number of hydrogen-bond acceptors (Lipinski definition) is 3. The Morgan fingerprint density at radius 2 is 1.67 bits per heavy atom. The maximum Gasteiger partial charge on any atom is 0.341 e. The molecule has 0 aliphatic carbocycles. The first-order chi connectivity index (χ1) is 9.59. The number of hydrogen-bond donors (Lipinski definition) is 1. The zero-order chi connectivity index (χ0) is 16.3. The van der Waals surface area contributed by atoms with Crippen LogP contribution in [-0.4, -0.2) is 26.8 Å². The molecule has 120 valence electrons. The Labute approximate surface area is 125 Å². The molecule has 1 rings (SSSR count). The van der Waals surface area contributed by atoms with Crippen LogP contribution in [0.4, 0.5) is 8.78 Å². The molecule has 0 saturated heterocycles. The zero-order valence-electron chi connectivity index (χ0n) is 12.9. The van der Waals surface area contributed by atoms with E-state index in [0.29, 0.717) is 6.42 Å². The summed E-state index contributed by atoms with van der Waals surface area (Å²) < 4.78 is 47.7. The van der Waals surface area contributed by atoms with Crippen molar-refractivity contribution < 1.29 is 17.2 Å². The topological polar surface area (TPSA) is 46.2 Å². The van der Waals surface area contributed by atoms with Gasteiger partial charge in [0.25, 0.3) is 0 Å². The molecule has 0 aromatic heterocycles. The second-order valence-electron chi connectivity index (χ2n) is 6.13. The second-order valence-corrected chi connectivity index (χ2v) is 8.05. The van der Waals surface area contributed by atoms with E-state index in [1.165, 1.54) is 12.1 Å². The fraction of sp³-hybridized carbons (Fsp3) is 0.600. The molecule has 1 aromatic rings. The van der Waals surface area contributed by atoms with Gasteiger partial charge in [-0.3, -0.25) is 0 Å². The highest BCUT2D eigenvalue weighted by Gasteiger charge is 2.27. The van der Waals surface area contributed by atoms with Crippen molar-refractivity contribution >= 4 is 9.84 Å². The molecule has 21 heavy (non-hydrogen) atoms. The third kappa shape index (κ3) is 4.74. The third-order valence-corrected chi connectivity index (χ3v) is 4.82. The number of nitrogens with one attached hydrogen (secondary N) is 1. The van der Waals surface area contributed by atoms with Gasteiger partial charge in [0, 0.05) is 6.04 Å². The Morgan fingerprint density at radius 3 is 2.05 bits per heavy atom. The molecule has 1 atom stereocenters. The highest BCUT2D eigenvalue weighted by Crippen LogP contribution is 2.24. The molecule has 0 saturated carbocycles. The summed E-state index contributed by atoms with van der Waals surface area (Å²) in [5, 5.41) is 3.40. The average Bonchev–Trinajstić information content (AvgIpc) is 2.37. The first-order valence-electron chi connectivity index (χ1n) is 6.93. The van der Waals surface area contributed by atoms with Crippen molar-refractivity contribution in [2.24, 2.45) is 5.41 Å². The summed E-state index contributed by atoms with van der Waals surface area (Å²) in [7, 11) is -4.51. The molecule has 3 nitrogen and oxygen atoms in total. The fourth-order valence-corrected chi connectivity index (χ4v) is 2.81. The van der Waals surface area contributed by atoms with Crippen LogP contribution >= 0.6 is 0 Å². The first kappa shape index (κ1) is 18.0. The fourth-order valence-electron chi connectivity index (χ4n) is 2.08. The van der Waals surface area contributed by atoms with Crippen LogP contribution in [0.25, 0.3) is 0 Å². The molecular formula is C15H23F2NO2S. The minimum atomic E-state index is -4.51. The van der Waals surface area contributed by atoms with E-state index in [1.807, 2.05) is 6.92 Å². The third-order valence-electron chi connectivity index (χ3n) is 3.42. The van der Waals surface area contributed by atoms with Crippen LogP contribution in [-0.2, 0) is 16.3 Å². The lowest BCUT2D eigenvalue weighted by Crippen LogP contribution is -2.41. The predicted octanol–water partition coefficient (Wildman–Crippen LogP) is 3.25. The lowest BCUT2D eigenvalue weighted by atomic mass is 9.83. The molecule has 0 radical (unpaired) electrons. The zero-order valence-corrected chi connectivity index (χ0v) is 13.7. The smallest absolute Gasteiger partial charge is 0.313 e.